The summed E-state index contributed by atoms with van der Waals surface area (Å²) in [5.41, 5.74) is 1.56. The zero-order chi connectivity index (χ0) is 19.6. The molecule has 0 N–H and O–H groups in total. The monoisotopic (exact) mass is 376 g/mol. The fourth-order valence-electron chi connectivity index (χ4n) is 3.63. The quantitative estimate of drug-likeness (QED) is 0.811. The number of hydrogen-bond acceptors (Lipinski definition) is 2. The number of carbonyl (C=O) groups is 1. The molecule has 2 aromatic rings. The zero-order valence-electron chi connectivity index (χ0n) is 15.4. The van der Waals surface area contributed by atoms with E-state index in [0.29, 0.717) is 0 Å². The fraction of sp³-hybridized carbons (Fsp3) is 0.381. The number of piperazine rings is 1. The Morgan fingerprint density at radius 2 is 1.44 bits per heavy atom. The van der Waals surface area contributed by atoms with Crippen molar-refractivity contribution in [2.24, 2.45) is 0 Å². The Labute approximate surface area is 157 Å². The number of amides is 1. The van der Waals surface area contributed by atoms with Crippen molar-refractivity contribution in [2.45, 2.75) is 31.1 Å². The summed E-state index contributed by atoms with van der Waals surface area (Å²) in [6.45, 7) is 1.65. The molecule has 0 radical (unpaired) electrons. The molecule has 27 heavy (non-hydrogen) atoms. The van der Waals surface area contributed by atoms with Crippen molar-refractivity contribution in [3.8, 4) is 0 Å². The lowest BCUT2D eigenvalue weighted by molar-refractivity contribution is -0.201. The molecule has 0 spiro atoms. The standard InChI is InChI=1S/C21H23F3N2O/c1-15-13-26(14-18(25(15)2)21(22,23)24)20(27)19(16-9-5-3-6-10-16)17-11-7-4-8-12-17/h3-12,15,18-19H,13-14H2,1-2H3. The van der Waals surface area contributed by atoms with Crippen LogP contribution in [-0.4, -0.2) is 54.1 Å². The predicted octanol–water partition coefficient (Wildman–Crippen LogP) is 3.91. The van der Waals surface area contributed by atoms with Gasteiger partial charge in [0.1, 0.15) is 6.04 Å². The molecule has 6 heteroatoms. The molecule has 2 atom stereocenters. The van der Waals surface area contributed by atoms with Gasteiger partial charge in [-0.2, -0.15) is 13.2 Å². The van der Waals surface area contributed by atoms with Crippen molar-refractivity contribution >= 4 is 5.91 Å². The number of nitrogens with zero attached hydrogens (tertiary/aromatic N) is 2. The summed E-state index contributed by atoms with van der Waals surface area (Å²) in [5.74, 6) is -0.904. The first-order valence-electron chi connectivity index (χ1n) is 8.96. The SMILES string of the molecule is CC1CN(C(=O)C(c2ccccc2)c2ccccc2)CC(C(F)(F)F)N1C. The van der Waals surface area contributed by atoms with Gasteiger partial charge < -0.3 is 4.90 Å². The highest BCUT2D eigenvalue weighted by molar-refractivity contribution is 5.87. The Morgan fingerprint density at radius 1 is 0.963 bits per heavy atom. The minimum atomic E-state index is -4.38. The molecule has 2 unspecified atom stereocenters. The van der Waals surface area contributed by atoms with Crippen molar-refractivity contribution in [1.82, 2.24) is 9.80 Å². The molecule has 1 fully saturated rings. The molecule has 1 heterocycles. The summed E-state index contributed by atoms with van der Waals surface area (Å²) < 4.78 is 40.4. The molecular weight excluding hydrogens is 353 g/mol. The molecule has 144 valence electrons. The van der Waals surface area contributed by atoms with E-state index in [-0.39, 0.29) is 25.0 Å². The molecule has 3 rings (SSSR count). The Hall–Kier alpha value is -2.34. The normalized spacial score (nSPS) is 21.5. The van der Waals surface area contributed by atoms with Gasteiger partial charge in [-0.15, -0.1) is 0 Å². The summed E-state index contributed by atoms with van der Waals surface area (Å²) in [6, 6.07) is 16.4. The lowest BCUT2D eigenvalue weighted by atomic mass is 9.89. The summed E-state index contributed by atoms with van der Waals surface area (Å²) in [4.78, 5) is 16.0. The van der Waals surface area contributed by atoms with E-state index in [1.807, 2.05) is 60.7 Å². The number of rotatable bonds is 3. The smallest absolute Gasteiger partial charge is 0.338 e. The predicted molar refractivity (Wildman–Crippen MR) is 98.4 cm³/mol. The lowest BCUT2D eigenvalue weighted by Gasteiger charge is -2.45. The third kappa shape index (κ3) is 4.16. The third-order valence-corrected chi connectivity index (χ3v) is 5.27. The Balaban J connectivity index is 1.95. The van der Waals surface area contributed by atoms with Crippen LogP contribution in [0, 0.1) is 0 Å². The molecule has 1 saturated heterocycles. The van der Waals surface area contributed by atoms with Crippen molar-refractivity contribution in [3.63, 3.8) is 0 Å². The van der Waals surface area contributed by atoms with E-state index in [1.165, 1.54) is 16.8 Å². The van der Waals surface area contributed by atoms with Gasteiger partial charge in [0.05, 0.1) is 5.92 Å². The molecular formula is C21H23F3N2O. The van der Waals surface area contributed by atoms with Crippen molar-refractivity contribution < 1.29 is 18.0 Å². The molecule has 2 aromatic carbocycles. The van der Waals surface area contributed by atoms with E-state index in [1.54, 1.807) is 6.92 Å². The van der Waals surface area contributed by atoms with Crippen molar-refractivity contribution in [1.29, 1.82) is 0 Å². The second-order valence-corrected chi connectivity index (χ2v) is 7.07. The van der Waals surface area contributed by atoms with Gasteiger partial charge in [0.25, 0.3) is 0 Å². The average molecular weight is 376 g/mol. The summed E-state index contributed by atoms with van der Waals surface area (Å²) in [7, 11) is 1.47. The van der Waals surface area contributed by atoms with Gasteiger partial charge in [0.2, 0.25) is 5.91 Å². The van der Waals surface area contributed by atoms with Crippen LogP contribution in [0.15, 0.2) is 60.7 Å². The molecule has 0 aliphatic carbocycles. The summed E-state index contributed by atoms with van der Waals surface area (Å²) >= 11 is 0. The van der Waals surface area contributed by atoms with E-state index in [4.69, 9.17) is 0 Å². The number of alkyl halides is 3. The topological polar surface area (TPSA) is 23.6 Å². The summed E-state index contributed by atoms with van der Waals surface area (Å²) in [5, 5.41) is 0. The van der Waals surface area contributed by atoms with E-state index >= 15 is 0 Å². The van der Waals surface area contributed by atoms with E-state index in [0.717, 1.165) is 11.1 Å². The first-order valence-corrected chi connectivity index (χ1v) is 8.96. The first-order chi connectivity index (χ1) is 12.8. The summed E-state index contributed by atoms with van der Waals surface area (Å²) in [6.07, 6.45) is -4.38. The van der Waals surface area contributed by atoms with Gasteiger partial charge in [-0.05, 0) is 25.1 Å². The molecule has 1 aliphatic rings. The van der Waals surface area contributed by atoms with E-state index < -0.39 is 18.1 Å². The Morgan fingerprint density at radius 3 is 1.89 bits per heavy atom. The Kier molecular flexibility index (Phi) is 5.56. The van der Waals surface area contributed by atoms with Gasteiger partial charge in [-0.25, -0.2) is 0 Å². The lowest BCUT2D eigenvalue weighted by Crippen LogP contribution is -2.62. The molecule has 1 aliphatic heterocycles. The number of hydrogen-bond donors (Lipinski definition) is 0. The highest BCUT2D eigenvalue weighted by Crippen LogP contribution is 2.32. The number of benzene rings is 2. The second kappa shape index (κ2) is 7.72. The van der Waals surface area contributed by atoms with Crippen LogP contribution >= 0.6 is 0 Å². The van der Waals surface area contributed by atoms with E-state index in [9.17, 15) is 18.0 Å². The molecule has 3 nitrogen and oxygen atoms in total. The van der Waals surface area contributed by atoms with Crippen molar-refractivity contribution in [2.75, 3.05) is 20.1 Å². The van der Waals surface area contributed by atoms with Crippen LogP contribution in [0.5, 0.6) is 0 Å². The number of likely N-dealkylation sites (N-methyl/N-ethyl adjacent to an activating group) is 1. The minimum absolute atomic E-state index is 0.276. The molecule has 0 aromatic heterocycles. The maximum Gasteiger partial charge on any atom is 0.405 e. The van der Waals surface area contributed by atoms with Crippen LogP contribution in [0.2, 0.25) is 0 Å². The van der Waals surface area contributed by atoms with Crippen LogP contribution in [0.25, 0.3) is 0 Å². The maximum absolute atomic E-state index is 13.5. The average Bonchev–Trinajstić information content (AvgIpc) is 2.65. The Bertz CT molecular complexity index is 725. The van der Waals surface area contributed by atoms with Crippen LogP contribution in [0.3, 0.4) is 0 Å². The minimum Gasteiger partial charge on any atom is -0.338 e. The first kappa shape index (κ1) is 19.4. The van der Waals surface area contributed by atoms with Crippen LogP contribution in [0.1, 0.15) is 24.0 Å². The van der Waals surface area contributed by atoms with Crippen LogP contribution in [-0.2, 0) is 4.79 Å². The largest absolute Gasteiger partial charge is 0.405 e. The van der Waals surface area contributed by atoms with E-state index in [2.05, 4.69) is 0 Å². The van der Waals surface area contributed by atoms with Gasteiger partial charge in [0.15, 0.2) is 0 Å². The highest BCUT2D eigenvalue weighted by atomic mass is 19.4. The molecule has 1 amide bonds. The van der Waals surface area contributed by atoms with Crippen LogP contribution in [0.4, 0.5) is 13.2 Å². The number of carbonyl (C=O) groups excluding carboxylic acids is 1. The van der Waals surface area contributed by atoms with Gasteiger partial charge in [-0.3, -0.25) is 9.69 Å². The fourth-order valence-corrected chi connectivity index (χ4v) is 3.63. The van der Waals surface area contributed by atoms with Crippen LogP contribution < -0.4 is 0 Å². The number of halogens is 3. The highest BCUT2D eigenvalue weighted by Gasteiger charge is 2.48. The molecule has 0 bridgehead atoms. The zero-order valence-corrected chi connectivity index (χ0v) is 15.4. The molecule has 0 saturated carbocycles. The van der Waals surface area contributed by atoms with Gasteiger partial charge >= 0.3 is 6.18 Å². The maximum atomic E-state index is 13.5. The second-order valence-electron chi connectivity index (χ2n) is 7.07. The van der Waals surface area contributed by atoms with Gasteiger partial charge in [-0.1, -0.05) is 60.7 Å². The van der Waals surface area contributed by atoms with Crippen molar-refractivity contribution in [3.05, 3.63) is 71.8 Å². The third-order valence-electron chi connectivity index (χ3n) is 5.27. The van der Waals surface area contributed by atoms with Gasteiger partial charge in [0, 0.05) is 19.1 Å².